The smallest absolute Gasteiger partial charge is 0.217 e. The fourth-order valence-corrected chi connectivity index (χ4v) is 1.64. The summed E-state index contributed by atoms with van der Waals surface area (Å²) in [4.78, 5) is 19.8. The van der Waals surface area contributed by atoms with Crippen LogP contribution in [0.15, 0.2) is 0 Å². The number of amides is 2. The van der Waals surface area contributed by atoms with Crippen molar-refractivity contribution in [3.05, 3.63) is 0 Å². The van der Waals surface area contributed by atoms with Gasteiger partial charge in [-0.1, -0.05) is 0 Å². The zero-order valence-electron chi connectivity index (χ0n) is 17.5. The lowest BCUT2D eigenvalue weighted by molar-refractivity contribution is -0.123. The van der Waals surface area contributed by atoms with Crippen LogP contribution >= 0.6 is 0 Å². The van der Waals surface area contributed by atoms with Crippen LogP contribution in [0.3, 0.4) is 0 Å². The molecule has 0 aliphatic carbocycles. The number of carbonyl (C=O) groups excluding carboxylic acids is 2. The topological polar surface area (TPSA) is 341 Å². The minimum Gasteiger partial charge on any atom is -0.395 e. The fourth-order valence-electron chi connectivity index (χ4n) is 1.64. The first kappa shape index (κ1) is 35.1. The summed E-state index contributed by atoms with van der Waals surface area (Å²) in [5, 5.41) is 87.6. The number of hydrogen-bond donors (Lipinski definition) is 14. The van der Waals surface area contributed by atoms with E-state index in [1.54, 1.807) is 0 Å². The summed E-state index contributed by atoms with van der Waals surface area (Å²) in [5.41, 5.74) is 19.7. The van der Waals surface area contributed by atoms with Crippen molar-refractivity contribution in [1.82, 2.24) is 0 Å². The van der Waals surface area contributed by atoms with Crippen LogP contribution in [0.25, 0.3) is 0 Å². The van der Waals surface area contributed by atoms with Gasteiger partial charge in [0.15, 0.2) is 0 Å². The Morgan fingerprint density at radius 2 is 0.781 bits per heavy atom. The lowest BCUT2D eigenvalue weighted by Gasteiger charge is -2.24. The Balaban J connectivity index is -0.000000404. The van der Waals surface area contributed by atoms with E-state index in [1.165, 1.54) is 0 Å². The first-order valence-corrected chi connectivity index (χ1v) is 9.31. The number of carbonyl (C=O) groups is 2. The van der Waals surface area contributed by atoms with E-state index in [2.05, 4.69) is 0 Å². The van der Waals surface area contributed by atoms with E-state index in [0.29, 0.717) is 0 Å². The molecule has 16 heteroatoms. The van der Waals surface area contributed by atoms with Gasteiger partial charge in [-0.3, -0.25) is 9.59 Å². The predicted octanol–water partition coefficient (Wildman–Crippen LogP) is -8.50. The second-order valence-corrected chi connectivity index (χ2v) is 6.59. The van der Waals surface area contributed by atoms with Crippen molar-refractivity contribution >= 4 is 11.8 Å². The van der Waals surface area contributed by atoms with Crippen LogP contribution in [0.5, 0.6) is 0 Å². The molecule has 8 atom stereocenters. The quantitative estimate of drug-likeness (QED) is 0.117. The molecular formula is C16H38N4O12. The first-order chi connectivity index (χ1) is 14.7. The normalized spacial score (nSPS) is 18.2. The van der Waals surface area contributed by atoms with Gasteiger partial charge >= 0.3 is 0 Å². The molecule has 0 aliphatic rings. The highest BCUT2D eigenvalue weighted by Gasteiger charge is 2.29. The van der Waals surface area contributed by atoms with E-state index in [4.69, 9.17) is 74.0 Å². The molecule has 0 aromatic heterocycles. The van der Waals surface area contributed by atoms with Gasteiger partial charge in [0.25, 0.3) is 0 Å². The fraction of sp³-hybridized carbons (Fsp3) is 0.875. The molecule has 0 bridgehead atoms. The Kier molecular flexibility index (Phi) is 22.0. The largest absolute Gasteiger partial charge is 0.395 e. The maximum absolute atomic E-state index is 9.92. The van der Waals surface area contributed by atoms with E-state index in [-0.39, 0.29) is 12.8 Å². The first-order valence-electron chi connectivity index (χ1n) is 9.31. The number of nitrogens with two attached hydrogens (primary N) is 4. The summed E-state index contributed by atoms with van der Waals surface area (Å²) in [6.45, 7) is -2.35. The minimum absolute atomic E-state index is 0.0509. The van der Waals surface area contributed by atoms with E-state index in [1.807, 2.05) is 0 Å². The number of aliphatic hydroxyl groups excluding tert-OH is 10. The van der Waals surface area contributed by atoms with E-state index in [9.17, 15) is 9.59 Å². The summed E-state index contributed by atoms with van der Waals surface area (Å²) < 4.78 is 0. The van der Waals surface area contributed by atoms with Gasteiger partial charge in [0, 0.05) is 12.8 Å². The van der Waals surface area contributed by atoms with Crippen LogP contribution in [0, 0.1) is 0 Å². The third-order valence-corrected chi connectivity index (χ3v) is 3.78. The van der Waals surface area contributed by atoms with Crippen molar-refractivity contribution in [1.29, 1.82) is 0 Å². The Morgan fingerprint density at radius 1 is 0.531 bits per heavy atom. The van der Waals surface area contributed by atoms with Crippen LogP contribution in [0.2, 0.25) is 0 Å². The molecule has 32 heavy (non-hydrogen) atoms. The second-order valence-electron chi connectivity index (χ2n) is 6.59. The van der Waals surface area contributed by atoms with Gasteiger partial charge < -0.3 is 74.0 Å². The molecular weight excluding hydrogens is 440 g/mol. The monoisotopic (exact) mass is 478 g/mol. The molecule has 194 valence electrons. The van der Waals surface area contributed by atoms with Crippen LogP contribution in [-0.4, -0.2) is 138 Å². The van der Waals surface area contributed by atoms with Crippen molar-refractivity contribution in [3.8, 4) is 0 Å². The molecule has 16 nitrogen and oxygen atoms in total. The number of primary amides is 2. The zero-order chi connectivity index (χ0) is 26.0. The maximum Gasteiger partial charge on any atom is 0.217 e. The number of aliphatic hydroxyl groups is 10. The Hall–Kier alpha value is -1.54. The summed E-state index contributed by atoms with van der Waals surface area (Å²) in [6, 6.07) is -2.05. The molecule has 0 aromatic rings. The summed E-state index contributed by atoms with van der Waals surface area (Å²) in [7, 11) is 0. The van der Waals surface area contributed by atoms with Crippen LogP contribution in [-0.2, 0) is 9.59 Å². The van der Waals surface area contributed by atoms with Gasteiger partial charge in [-0.2, -0.15) is 0 Å². The van der Waals surface area contributed by atoms with Gasteiger partial charge in [-0.25, -0.2) is 0 Å². The van der Waals surface area contributed by atoms with E-state index in [0.717, 1.165) is 0 Å². The minimum atomic E-state index is -1.54. The zero-order valence-corrected chi connectivity index (χ0v) is 17.5. The van der Waals surface area contributed by atoms with E-state index >= 15 is 0 Å². The second kappa shape index (κ2) is 20.1. The van der Waals surface area contributed by atoms with Crippen LogP contribution < -0.4 is 22.9 Å². The Morgan fingerprint density at radius 3 is 0.938 bits per heavy atom. The van der Waals surface area contributed by atoms with Crippen molar-refractivity contribution in [2.45, 2.75) is 61.5 Å². The highest BCUT2D eigenvalue weighted by molar-refractivity contribution is 5.81. The standard InChI is InChI=1S/2C6H15NO5.C4H8N2O2/c2*7-3(1-8)5(11)6(12)4(10)2-9;5-3(7)1-2-4(6)8/h2*3-6,8-12H,1-2,7H2;1-2H2,(H2,5,7)(H2,6,8)/t2*3-,4+,5+,6+;/m00./s1. The summed E-state index contributed by atoms with van der Waals surface area (Å²) in [5.74, 6) is -0.993. The molecule has 0 saturated carbocycles. The van der Waals surface area contributed by atoms with Crippen LogP contribution in [0.1, 0.15) is 12.8 Å². The predicted molar refractivity (Wildman–Crippen MR) is 108 cm³/mol. The number of rotatable bonds is 13. The van der Waals surface area contributed by atoms with Gasteiger partial charge in [0.1, 0.15) is 24.4 Å². The molecule has 0 radical (unpaired) electrons. The average Bonchev–Trinajstić information content (AvgIpc) is 2.79. The molecule has 2 amide bonds. The molecule has 0 saturated heterocycles. The molecule has 0 rings (SSSR count). The van der Waals surface area contributed by atoms with Gasteiger partial charge in [0.05, 0.1) is 50.7 Å². The maximum atomic E-state index is 9.92. The molecule has 0 fully saturated rings. The van der Waals surface area contributed by atoms with Crippen molar-refractivity contribution in [2.75, 3.05) is 26.4 Å². The lowest BCUT2D eigenvalue weighted by atomic mass is 10.0. The van der Waals surface area contributed by atoms with Crippen molar-refractivity contribution < 1.29 is 60.7 Å². The Bertz CT molecular complexity index is 420. The van der Waals surface area contributed by atoms with Crippen LogP contribution in [0.4, 0.5) is 0 Å². The van der Waals surface area contributed by atoms with Gasteiger partial charge in [-0.05, 0) is 0 Å². The molecule has 0 aromatic carbocycles. The summed E-state index contributed by atoms with van der Waals surface area (Å²) >= 11 is 0. The number of hydrogen-bond acceptors (Lipinski definition) is 14. The van der Waals surface area contributed by atoms with Crippen molar-refractivity contribution in [3.63, 3.8) is 0 Å². The van der Waals surface area contributed by atoms with E-state index < -0.39 is 86.9 Å². The molecule has 0 aliphatic heterocycles. The van der Waals surface area contributed by atoms with Crippen molar-refractivity contribution in [2.24, 2.45) is 22.9 Å². The van der Waals surface area contributed by atoms with Gasteiger partial charge in [0.2, 0.25) is 11.8 Å². The highest BCUT2D eigenvalue weighted by atomic mass is 16.4. The Labute approximate surface area is 184 Å². The highest BCUT2D eigenvalue weighted by Crippen LogP contribution is 2.03. The molecule has 0 spiro atoms. The summed E-state index contributed by atoms with van der Waals surface area (Å²) in [6.07, 6.45) is -8.77. The average molecular weight is 478 g/mol. The molecule has 0 heterocycles. The lowest BCUT2D eigenvalue weighted by Crippen LogP contribution is -2.50. The third-order valence-electron chi connectivity index (χ3n) is 3.78. The molecule has 0 unspecified atom stereocenters. The molecule has 18 N–H and O–H groups in total. The SMILES string of the molecule is NC(=O)CCC(N)=O.N[C@@H](CO)[C@@H](O)[C@H](O)[C@H](O)CO.N[C@@H](CO)[C@@H](O)[C@H](O)[C@H](O)CO. The third kappa shape index (κ3) is 17.1. The van der Waals surface area contributed by atoms with Gasteiger partial charge in [-0.15, -0.1) is 0 Å².